The molecule has 1 saturated heterocycles. The molecule has 2 fully saturated rings. The molecule has 1 saturated carbocycles. The molecule has 46 heavy (non-hydrogen) atoms. The summed E-state index contributed by atoms with van der Waals surface area (Å²) in [4.78, 5) is 0. The molecule has 1 aliphatic heterocycles. The molecule has 1 heteroatoms. The van der Waals surface area contributed by atoms with E-state index in [0.29, 0.717) is 7.35 Å². The Bertz CT molecular complexity index is 1770. The van der Waals surface area contributed by atoms with E-state index in [0.717, 1.165) is 0 Å². The van der Waals surface area contributed by atoms with Crippen molar-refractivity contribution in [1.82, 2.24) is 0 Å². The van der Waals surface area contributed by atoms with Gasteiger partial charge in [-0.05, 0) is 0 Å². The molecule has 0 nitrogen and oxygen atoms in total. The zero-order valence-electron chi connectivity index (χ0n) is 29.2. The fraction of sp³-hybridized carbons (Fsp3) is 0.378. The van der Waals surface area contributed by atoms with Gasteiger partial charge < -0.3 is 0 Å². The molecule has 0 aromatic heterocycles. The van der Waals surface area contributed by atoms with Crippen LogP contribution in [0.5, 0.6) is 0 Å². The normalized spacial score (nSPS) is 22.2. The predicted octanol–water partition coefficient (Wildman–Crippen LogP) is 13.0. The topological polar surface area (TPSA) is 0 Å². The second-order valence-corrected chi connectivity index (χ2v) is 34.7. The van der Waals surface area contributed by atoms with Gasteiger partial charge in [-0.3, -0.25) is 0 Å². The molecule has 2 unspecified atom stereocenters. The summed E-state index contributed by atoms with van der Waals surface area (Å²) < 4.78 is 6.89. The van der Waals surface area contributed by atoms with Crippen LogP contribution in [-0.4, -0.2) is 0 Å². The fourth-order valence-corrected chi connectivity index (χ4v) is 27.0. The van der Waals surface area contributed by atoms with Crippen LogP contribution in [0.2, 0.25) is 9.36 Å². The Morgan fingerprint density at radius 3 is 1.30 bits per heavy atom. The van der Waals surface area contributed by atoms with E-state index in [9.17, 15) is 0 Å². The van der Waals surface area contributed by atoms with Crippen molar-refractivity contribution in [3.8, 4) is 22.3 Å². The van der Waals surface area contributed by atoms with Crippen molar-refractivity contribution in [3.05, 3.63) is 129 Å². The number of rotatable bonds is 2. The van der Waals surface area contributed by atoms with Crippen LogP contribution in [0.4, 0.5) is 0 Å². The first-order valence-corrected chi connectivity index (χ1v) is 29.1. The Balaban J connectivity index is 1.28. The van der Waals surface area contributed by atoms with Gasteiger partial charge in [0, 0.05) is 0 Å². The van der Waals surface area contributed by atoms with E-state index in [1.165, 1.54) is 70.2 Å². The molecule has 0 bridgehead atoms. The van der Waals surface area contributed by atoms with Gasteiger partial charge in [0.1, 0.15) is 0 Å². The van der Waals surface area contributed by atoms with E-state index in [1.54, 1.807) is 22.3 Å². The first-order valence-electron chi connectivity index (χ1n) is 17.7. The van der Waals surface area contributed by atoms with Crippen molar-refractivity contribution in [2.45, 2.75) is 94.8 Å². The molecule has 1 heterocycles. The van der Waals surface area contributed by atoms with Crippen LogP contribution in [0.15, 0.2) is 96.1 Å². The summed E-state index contributed by atoms with van der Waals surface area (Å²) in [5, 5.41) is 0. The van der Waals surface area contributed by atoms with Crippen LogP contribution in [0, 0.1) is 5.41 Å². The van der Waals surface area contributed by atoms with Crippen molar-refractivity contribution >= 4 is 12.2 Å². The summed E-state index contributed by atoms with van der Waals surface area (Å²) >= 11 is -3.07. The molecule has 8 rings (SSSR count). The van der Waals surface area contributed by atoms with E-state index >= 15 is 0 Å². The molecule has 2 atom stereocenters. The zero-order chi connectivity index (χ0) is 32.2. The molecule has 3 aliphatic carbocycles. The number of fused-ring (bicyclic) bond motifs is 8. The van der Waals surface area contributed by atoms with Crippen molar-refractivity contribution in [2.24, 2.45) is 5.41 Å². The minimum absolute atomic E-state index is 0.166. The summed E-state index contributed by atoms with van der Waals surface area (Å²) in [5.74, 6) is 0. The van der Waals surface area contributed by atoms with Gasteiger partial charge >= 0.3 is 284 Å². The van der Waals surface area contributed by atoms with Gasteiger partial charge in [-0.1, -0.05) is 0 Å². The molecule has 0 amide bonds. The monoisotopic (exact) mass is 770 g/mol. The van der Waals surface area contributed by atoms with Gasteiger partial charge in [0.25, 0.3) is 0 Å². The van der Waals surface area contributed by atoms with Crippen LogP contribution in [0.1, 0.15) is 108 Å². The fourth-order valence-electron chi connectivity index (χ4n) is 9.93. The SMILES string of the molecule is CC(C)(C)c1ccc(-c2cccc3c2C=C2[CH]3[Hf]([CH3])([CH3])[CH]3C(=Cc4c(-c5ccc(C(C)(C)C)cc5)cccc43)C23CCCC3)cc1. The average molecular weight is 769 g/mol. The Labute approximate surface area is 282 Å². The molecule has 1 spiro atoms. The average Bonchev–Trinajstić information content (AvgIpc) is 3.76. The minimum atomic E-state index is -3.07. The third-order valence-corrected chi connectivity index (χ3v) is 27.5. The van der Waals surface area contributed by atoms with Crippen molar-refractivity contribution in [2.75, 3.05) is 0 Å². The second kappa shape index (κ2) is 10.4. The second-order valence-electron chi connectivity index (χ2n) is 17.4. The first kappa shape index (κ1) is 30.6. The van der Waals surface area contributed by atoms with Gasteiger partial charge in [-0.2, -0.15) is 0 Å². The van der Waals surface area contributed by atoms with Gasteiger partial charge in [-0.25, -0.2) is 0 Å². The Morgan fingerprint density at radius 2 is 0.935 bits per heavy atom. The third-order valence-electron chi connectivity index (χ3n) is 12.3. The van der Waals surface area contributed by atoms with Crippen LogP contribution >= 0.6 is 0 Å². The summed E-state index contributed by atoms with van der Waals surface area (Å²) in [7, 11) is 0. The van der Waals surface area contributed by atoms with E-state index in [2.05, 4.69) is 148 Å². The van der Waals surface area contributed by atoms with E-state index in [-0.39, 0.29) is 16.2 Å². The van der Waals surface area contributed by atoms with Crippen LogP contribution in [-0.2, 0) is 30.8 Å². The summed E-state index contributed by atoms with van der Waals surface area (Å²) in [6.45, 7) is 13.9. The first-order chi connectivity index (χ1) is 21.8. The van der Waals surface area contributed by atoms with Crippen LogP contribution in [0.3, 0.4) is 0 Å². The van der Waals surface area contributed by atoms with Gasteiger partial charge in [0.2, 0.25) is 0 Å². The van der Waals surface area contributed by atoms with Crippen LogP contribution in [0.25, 0.3) is 34.4 Å². The zero-order valence-corrected chi connectivity index (χ0v) is 32.8. The Hall–Kier alpha value is -2.77. The molecular weight excluding hydrogens is 719 g/mol. The molecule has 0 radical (unpaired) electrons. The van der Waals surface area contributed by atoms with E-state index in [1.807, 2.05) is 0 Å². The Morgan fingerprint density at radius 1 is 0.543 bits per heavy atom. The molecule has 4 aromatic rings. The van der Waals surface area contributed by atoms with Crippen molar-refractivity contribution < 1.29 is 20.0 Å². The standard InChI is InChI=1S/C43H44.2CH3.Hf/c1-41(2,3)33-19-15-29(16-20-33)37-13-9-11-31-25-35(27-39(31)37)43(23-7-8-24-43)36-26-32-12-10-14-38(40(32)28-36)30-17-21-34(22-18-30)42(4,5)6;;;/h9-22,25-28H,7-8,23-24H2,1-6H3;2*1H3;. The quantitative estimate of drug-likeness (QED) is 0.178. The molecular formula is C45H50Hf. The van der Waals surface area contributed by atoms with Crippen LogP contribution < -0.4 is 0 Å². The van der Waals surface area contributed by atoms with Gasteiger partial charge in [0.15, 0.2) is 0 Å². The van der Waals surface area contributed by atoms with Crippen molar-refractivity contribution in [3.63, 3.8) is 0 Å². The van der Waals surface area contributed by atoms with E-state index < -0.39 is 20.0 Å². The molecule has 0 N–H and O–H groups in total. The predicted molar refractivity (Wildman–Crippen MR) is 195 cm³/mol. The van der Waals surface area contributed by atoms with Crippen molar-refractivity contribution in [1.29, 1.82) is 0 Å². The Kier molecular flexibility index (Phi) is 6.88. The summed E-state index contributed by atoms with van der Waals surface area (Å²) in [6.07, 6.45) is 10.8. The number of allylic oxidation sites excluding steroid dienone is 2. The number of benzene rings is 4. The summed E-state index contributed by atoms with van der Waals surface area (Å²) in [6, 6.07) is 33.4. The number of hydrogen-bond acceptors (Lipinski definition) is 0. The van der Waals surface area contributed by atoms with Gasteiger partial charge in [0.05, 0.1) is 0 Å². The number of hydrogen-bond donors (Lipinski definition) is 0. The third kappa shape index (κ3) is 4.47. The maximum absolute atomic E-state index is 3.07. The molecule has 4 aliphatic rings. The molecule has 4 aromatic carbocycles. The molecule has 234 valence electrons. The maximum atomic E-state index is 2.80. The van der Waals surface area contributed by atoms with E-state index in [4.69, 9.17) is 0 Å². The van der Waals surface area contributed by atoms with Gasteiger partial charge in [-0.15, -0.1) is 0 Å². The summed E-state index contributed by atoms with van der Waals surface area (Å²) in [5.41, 5.74) is 18.9.